The number of benzene rings is 2. The Hall–Kier alpha value is -3.15. The number of aromatic nitrogens is 2. The number of aliphatic hydroxyl groups excluding tert-OH is 1. The second-order valence-corrected chi connectivity index (χ2v) is 10.1. The molecule has 0 aliphatic carbocycles. The van der Waals surface area contributed by atoms with Crippen LogP contribution >= 0.6 is 23.2 Å². The summed E-state index contributed by atoms with van der Waals surface area (Å²) in [6, 6.07) is 14.7. The first kappa shape index (κ1) is 29.8. The van der Waals surface area contributed by atoms with Gasteiger partial charge in [0.05, 0.1) is 38.3 Å². The molecule has 1 aliphatic heterocycles. The molecule has 4 rings (SSSR count). The lowest BCUT2D eigenvalue weighted by atomic mass is 9.90. The normalized spacial score (nSPS) is 20.6. The van der Waals surface area contributed by atoms with Crippen LogP contribution in [0.1, 0.15) is 48.5 Å². The van der Waals surface area contributed by atoms with Gasteiger partial charge in [0.1, 0.15) is 11.7 Å². The predicted octanol–water partition coefficient (Wildman–Crippen LogP) is 4.54. The van der Waals surface area contributed by atoms with E-state index in [9.17, 15) is 14.7 Å². The Labute approximate surface area is 242 Å². The summed E-state index contributed by atoms with van der Waals surface area (Å²) in [5.74, 6) is -0.548. The number of carbonyl (C=O) groups excluding carboxylic acids is 2. The highest BCUT2D eigenvalue weighted by Crippen LogP contribution is 2.42. The van der Waals surface area contributed by atoms with Gasteiger partial charge < -0.3 is 34.5 Å². The molecule has 3 aromatic rings. The van der Waals surface area contributed by atoms with Gasteiger partial charge in [-0.05, 0) is 23.6 Å². The van der Waals surface area contributed by atoms with Crippen molar-refractivity contribution in [1.82, 2.24) is 20.2 Å². The third kappa shape index (κ3) is 7.52. The molecule has 0 spiro atoms. The summed E-state index contributed by atoms with van der Waals surface area (Å²) >= 11 is 12.4. The molecule has 1 aliphatic rings. The first-order valence-electron chi connectivity index (χ1n) is 12.9. The first-order chi connectivity index (χ1) is 19.3. The number of urea groups is 1. The molecule has 1 saturated heterocycles. The van der Waals surface area contributed by atoms with Crippen molar-refractivity contribution >= 4 is 35.2 Å². The van der Waals surface area contributed by atoms with Crippen LogP contribution in [0.25, 0.3) is 0 Å². The number of rotatable bonds is 10. The zero-order valence-corrected chi connectivity index (χ0v) is 23.7. The number of amides is 2. The molecule has 10 nitrogen and oxygen atoms in total. The number of imidazole rings is 1. The Morgan fingerprint density at radius 3 is 2.33 bits per heavy atom. The number of aliphatic hydroxyl groups is 1. The van der Waals surface area contributed by atoms with Gasteiger partial charge in [0.15, 0.2) is 11.4 Å². The minimum Gasteiger partial charge on any atom is -0.465 e. The summed E-state index contributed by atoms with van der Waals surface area (Å²) in [7, 11) is 0. The average Bonchev–Trinajstić information content (AvgIpc) is 3.28. The maximum absolute atomic E-state index is 12.0. The molecule has 2 heterocycles. The quantitative estimate of drug-likeness (QED) is 0.296. The van der Waals surface area contributed by atoms with E-state index in [4.69, 9.17) is 37.4 Å². The fraction of sp³-hybridized carbons (Fsp3) is 0.393. The summed E-state index contributed by atoms with van der Waals surface area (Å²) in [6.07, 6.45) is 0.338. The number of nitrogens with one attached hydrogen (secondary N) is 2. The second kappa shape index (κ2) is 14.0. The average molecular weight is 591 g/mol. The summed E-state index contributed by atoms with van der Waals surface area (Å²) in [4.78, 5) is 27.5. The van der Waals surface area contributed by atoms with Gasteiger partial charge >= 0.3 is 12.0 Å². The number of ether oxygens (including phenoxy) is 3. The van der Waals surface area contributed by atoms with E-state index < -0.39 is 18.3 Å². The van der Waals surface area contributed by atoms with Crippen LogP contribution in [0.3, 0.4) is 0 Å². The third-order valence-corrected chi connectivity index (χ3v) is 7.41. The molecule has 4 atom stereocenters. The van der Waals surface area contributed by atoms with Gasteiger partial charge in [-0.2, -0.15) is 0 Å². The number of hydrogen-bond donors (Lipinski definition) is 3. The van der Waals surface area contributed by atoms with E-state index >= 15 is 0 Å². The van der Waals surface area contributed by atoms with E-state index in [1.165, 1.54) is 0 Å². The van der Waals surface area contributed by atoms with Gasteiger partial charge in [0, 0.05) is 18.0 Å². The monoisotopic (exact) mass is 590 g/mol. The molecule has 0 radical (unpaired) electrons. The Balaban J connectivity index is 1.46. The van der Waals surface area contributed by atoms with E-state index in [1.807, 2.05) is 48.5 Å². The molecule has 1 aromatic heterocycles. The third-order valence-electron chi connectivity index (χ3n) is 6.64. The zero-order valence-electron chi connectivity index (χ0n) is 22.2. The fourth-order valence-corrected chi connectivity index (χ4v) is 4.71. The minimum absolute atomic E-state index is 0.0378. The van der Waals surface area contributed by atoms with Crippen molar-refractivity contribution in [3.05, 3.63) is 87.4 Å². The molecule has 2 aromatic carbocycles. The van der Waals surface area contributed by atoms with Crippen molar-refractivity contribution in [1.29, 1.82) is 0 Å². The van der Waals surface area contributed by atoms with Crippen LogP contribution in [0.4, 0.5) is 4.79 Å². The lowest BCUT2D eigenvalue weighted by molar-refractivity contribution is -0.276. The second-order valence-electron chi connectivity index (χ2n) is 9.38. The Kier molecular flexibility index (Phi) is 10.4. The van der Waals surface area contributed by atoms with Crippen LogP contribution in [0.15, 0.2) is 54.9 Å². The fourth-order valence-electron chi connectivity index (χ4n) is 4.39. The molecule has 4 unspecified atom stereocenters. The summed E-state index contributed by atoms with van der Waals surface area (Å²) in [5, 5.41) is 15.2. The molecule has 214 valence electrons. The lowest BCUT2D eigenvalue weighted by Gasteiger charge is -2.41. The Morgan fingerprint density at radius 2 is 1.70 bits per heavy atom. The first-order valence-corrected chi connectivity index (χ1v) is 13.7. The minimum atomic E-state index is -0.670. The van der Waals surface area contributed by atoms with E-state index in [-0.39, 0.29) is 49.6 Å². The smallest absolute Gasteiger partial charge is 0.325 e. The number of esters is 1. The number of halogens is 2. The molecule has 1 fully saturated rings. The van der Waals surface area contributed by atoms with Crippen molar-refractivity contribution in [2.45, 2.75) is 52.0 Å². The largest absolute Gasteiger partial charge is 0.465 e. The van der Waals surface area contributed by atoms with Crippen LogP contribution < -0.4 is 10.6 Å². The highest BCUT2D eigenvalue weighted by molar-refractivity contribution is 6.40. The van der Waals surface area contributed by atoms with Crippen molar-refractivity contribution in [3.8, 4) is 0 Å². The van der Waals surface area contributed by atoms with Gasteiger partial charge in [-0.25, -0.2) is 9.78 Å². The van der Waals surface area contributed by atoms with E-state index in [0.29, 0.717) is 11.7 Å². The van der Waals surface area contributed by atoms with Crippen LogP contribution in [0.2, 0.25) is 10.3 Å². The zero-order chi connectivity index (χ0) is 28.6. The Morgan fingerprint density at radius 1 is 1.02 bits per heavy atom. The van der Waals surface area contributed by atoms with Crippen molar-refractivity contribution < 1.29 is 28.9 Å². The molecule has 0 saturated carbocycles. The topological polar surface area (TPSA) is 124 Å². The maximum atomic E-state index is 12.0. The molecular weight excluding hydrogens is 559 g/mol. The van der Waals surface area contributed by atoms with Crippen molar-refractivity contribution in [2.75, 3.05) is 13.2 Å². The highest BCUT2D eigenvalue weighted by atomic mass is 35.5. The van der Waals surface area contributed by atoms with E-state index in [0.717, 1.165) is 22.3 Å². The molecule has 12 heteroatoms. The molecule has 40 heavy (non-hydrogen) atoms. The molecule has 3 N–H and O–H groups in total. The summed E-state index contributed by atoms with van der Waals surface area (Å²) in [6.45, 7) is 4.46. The summed E-state index contributed by atoms with van der Waals surface area (Å²) < 4.78 is 19.4. The summed E-state index contributed by atoms with van der Waals surface area (Å²) in [5.41, 5.74) is 3.44. The van der Waals surface area contributed by atoms with Gasteiger partial charge in [-0.15, -0.1) is 0 Å². The van der Waals surface area contributed by atoms with Gasteiger partial charge in [0.25, 0.3) is 0 Å². The van der Waals surface area contributed by atoms with E-state index in [1.54, 1.807) is 17.8 Å². The number of carbonyl (C=O) groups is 2. The van der Waals surface area contributed by atoms with Crippen molar-refractivity contribution in [2.24, 2.45) is 5.92 Å². The van der Waals surface area contributed by atoms with Gasteiger partial charge in [-0.1, -0.05) is 78.7 Å². The molecular formula is C28H32Cl2N4O6. The Bertz CT molecular complexity index is 1280. The van der Waals surface area contributed by atoms with Crippen LogP contribution in [0.5, 0.6) is 0 Å². The predicted molar refractivity (Wildman–Crippen MR) is 149 cm³/mol. The number of nitrogens with zero attached hydrogens (tertiary/aromatic N) is 2. The SMILES string of the molecule is CCOC(=O)CNC(=O)NCc1ccc(C2OC(Cn3cnc(Cl)c3Cl)C(C)C(c3ccc(CO)cc3)O2)cc1. The highest BCUT2D eigenvalue weighted by Gasteiger charge is 2.38. The van der Waals surface area contributed by atoms with Crippen molar-refractivity contribution in [3.63, 3.8) is 0 Å². The number of hydrogen-bond acceptors (Lipinski definition) is 7. The van der Waals surface area contributed by atoms with E-state index in [2.05, 4.69) is 22.5 Å². The van der Waals surface area contributed by atoms with Crippen LogP contribution in [-0.4, -0.2) is 45.9 Å². The van der Waals surface area contributed by atoms with Crippen LogP contribution in [-0.2, 0) is 38.7 Å². The van der Waals surface area contributed by atoms with Gasteiger partial charge in [0.2, 0.25) is 0 Å². The maximum Gasteiger partial charge on any atom is 0.325 e. The van der Waals surface area contributed by atoms with Crippen LogP contribution in [0, 0.1) is 5.92 Å². The molecule has 2 amide bonds. The van der Waals surface area contributed by atoms with Gasteiger partial charge in [-0.3, -0.25) is 4.79 Å². The lowest BCUT2D eigenvalue weighted by Crippen LogP contribution is -2.39. The standard InChI is InChI=1S/C28H32Cl2N4O6/c1-3-38-23(36)13-32-28(37)31-12-18-4-10-21(11-5-18)27-39-22(14-34-16-33-25(29)26(34)30)17(2)24(40-27)20-8-6-19(15-35)7-9-20/h4-11,16-17,22,24,27,35H,3,12-15H2,1-2H3,(H2,31,32,37). The molecule has 0 bridgehead atoms.